The van der Waals surface area contributed by atoms with E-state index in [9.17, 15) is 21.6 Å². The molecule has 0 aliphatic heterocycles. The van der Waals surface area contributed by atoms with E-state index in [0.29, 0.717) is 11.1 Å². The van der Waals surface area contributed by atoms with Crippen molar-refractivity contribution in [2.75, 3.05) is 0 Å². The second-order valence-corrected chi connectivity index (χ2v) is 9.55. The summed E-state index contributed by atoms with van der Waals surface area (Å²) < 4.78 is 67.6. The fourth-order valence-corrected chi connectivity index (χ4v) is 5.38. The van der Waals surface area contributed by atoms with E-state index >= 15 is 0 Å². The average Bonchev–Trinajstić information content (AvgIpc) is 3.07. The smallest absolute Gasteiger partial charge is 0.353 e. The summed E-state index contributed by atoms with van der Waals surface area (Å²) in [7, 11) is -4.08. The van der Waals surface area contributed by atoms with Gasteiger partial charge in [0.1, 0.15) is 4.90 Å². The number of aromatic nitrogens is 1. The lowest BCUT2D eigenvalue weighted by Crippen LogP contribution is -2.06. The predicted octanol–water partition coefficient (Wildman–Crippen LogP) is 6.29. The second-order valence-electron chi connectivity index (χ2n) is 6.41. The first-order valence-electron chi connectivity index (χ1n) is 8.47. The van der Waals surface area contributed by atoms with E-state index in [1.807, 2.05) is 6.07 Å². The maximum atomic E-state index is 13.4. The molecule has 0 spiro atoms. The van der Waals surface area contributed by atoms with Gasteiger partial charge in [-0.05, 0) is 65.1 Å². The number of rotatable bonds is 3. The maximum absolute atomic E-state index is 13.4. The third-order valence-electron chi connectivity index (χ3n) is 4.51. The molecule has 0 atom stereocenters. The summed E-state index contributed by atoms with van der Waals surface area (Å²) in [4.78, 5) is 2.87. The monoisotopic (exact) mass is 527 g/mol. The molecular formula is C21H13F3INO2S. The van der Waals surface area contributed by atoms with Gasteiger partial charge in [0.15, 0.2) is 0 Å². The molecule has 3 nitrogen and oxygen atoms in total. The standard InChI is InChI=1S/C21H13F3INO2S/c22-21(23,24)14-9-10-18-17(12-14)20(29(27,28)16-7-2-1-3-8-16)19(26-18)13-5-4-6-15(25)11-13/h1-12,26H. The molecular weight excluding hydrogens is 514 g/mol. The van der Waals surface area contributed by atoms with Gasteiger partial charge >= 0.3 is 6.18 Å². The molecule has 148 valence electrons. The largest absolute Gasteiger partial charge is 0.416 e. The Kier molecular flexibility index (Phi) is 4.94. The Bertz CT molecular complexity index is 1310. The lowest BCUT2D eigenvalue weighted by molar-refractivity contribution is -0.137. The quantitative estimate of drug-likeness (QED) is 0.319. The van der Waals surface area contributed by atoms with Crippen LogP contribution in [0, 0.1) is 3.57 Å². The summed E-state index contributed by atoms with van der Waals surface area (Å²) in [5.41, 5.74) is 0.266. The number of halogens is 4. The minimum absolute atomic E-state index is 0.0116. The number of hydrogen-bond donors (Lipinski definition) is 1. The SMILES string of the molecule is O=S(=O)(c1ccccc1)c1c(-c2cccc(I)c2)[nH]c2ccc(C(F)(F)F)cc12. The normalized spacial score (nSPS) is 12.4. The van der Waals surface area contributed by atoms with Crippen LogP contribution in [0.4, 0.5) is 13.2 Å². The Morgan fingerprint density at radius 1 is 0.862 bits per heavy atom. The van der Waals surface area contributed by atoms with Crippen LogP contribution < -0.4 is 0 Å². The van der Waals surface area contributed by atoms with Crippen LogP contribution in [0.5, 0.6) is 0 Å². The molecule has 1 N–H and O–H groups in total. The Balaban J connectivity index is 2.09. The van der Waals surface area contributed by atoms with Gasteiger partial charge in [-0.15, -0.1) is 0 Å². The molecule has 0 radical (unpaired) electrons. The lowest BCUT2D eigenvalue weighted by Gasteiger charge is -2.09. The van der Waals surface area contributed by atoms with Crippen LogP contribution in [0.15, 0.2) is 82.6 Å². The van der Waals surface area contributed by atoms with Crippen molar-refractivity contribution in [2.24, 2.45) is 0 Å². The molecule has 0 bridgehead atoms. The minimum atomic E-state index is -4.58. The van der Waals surface area contributed by atoms with Crippen molar-refractivity contribution in [2.45, 2.75) is 16.0 Å². The van der Waals surface area contributed by atoms with Gasteiger partial charge < -0.3 is 4.98 Å². The van der Waals surface area contributed by atoms with E-state index in [4.69, 9.17) is 0 Å². The summed E-state index contributed by atoms with van der Waals surface area (Å²) in [6.45, 7) is 0. The van der Waals surface area contributed by atoms with Crippen molar-refractivity contribution in [1.29, 1.82) is 0 Å². The Morgan fingerprint density at radius 3 is 2.24 bits per heavy atom. The number of alkyl halides is 3. The summed E-state index contributed by atoms with van der Waals surface area (Å²) >= 11 is 2.10. The molecule has 4 rings (SSSR count). The Hall–Kier alpha value is -2.33. The molecule has 8 heteroatoms. The predicted molar refractivity (Wildman–Crippen MR) is 113 cm³/mol. The van der Waals surface area contributed by atoms with Crippen LogP contribution >= 0.6 is 22.6 Å². The van der Waals surface area contributed by atoms with Crippen molar-refractivity contribution in [3.05, 3.63) is 81.9 Å². The highest BCUT2D eigenvalue weighted by Crippen LogP contribution is 2.40. The van der Waals surface area contributed by atoms with Gasteiger partial charge in [-0.1, -0.05) is 30.3 Å². The van der Waals surface area contributed by atoms with Crippen LogP contribution in [-0.2, 0) is 16.0 Å². The molecule has 3 aromatic carbocycles. The molecule has 0 saturated carbocycles. The van der Waals surface area contributed by atoms with Gasteiger partial charge in [0, 0.05) is 20.0 Å². The topological polar surface area (TPSA) is 49.9 Å². The van der Waals surface area contributed by atoms with Crippen molar-refractivity contribution < 1.29 is 21.6 Å². The molecule has 4 aromatic rings. The summed E-state index contributed by atoms with van der Waals surface area (Å²) in [6, 6.07) is 17.9. The van der Waals surface area contributed by atoms with E-state index in [1.165, 1.54) is 18.2 Å². The highest BCUT2D eigenvalue weighted by atomic mass is 127. The van der Waals surface area contributed by atoms with Crippen LogP contribution in [0.1, 0.15) is 5.56 Å². The lowest BCUT2D eigenvalue weighted by atomic mass is 10.1. The number of hydrogen-bond acceptors (Lipinski definition) is 2. The first-order chi connectivity index (χ1) is 13.7. The van der Waals surface area contributed by atoms with E-state index in [2.05, 4.69) is 27.6 Å². The van der Waals surface area contributed by atoms with Crippen LogP contribution in [0.3, 0.4) is 0 Å². The zero-order valence-electron chi connectivity index (χ0n) is 14.7. The molecule has 1 aromatic heterocycles. The fraction of sp³-hybridized carbons (Fsp3) is 0.0476. The third-order valence-corrected chi connectivity index (χ3v) is 7.04. The van der Waals surface area contributed by atoms with E-state index in [-0.39, 0.29) is 20.9 Å². The van der Waals surface area contributed by atoms with Gasteiger partial charge in [0.05, 0.1) is 16.2 Å². The number of sulfone groups is 1. The summed E-state index contributed by atoms with van der Waals surface area (Å²) in [5.74, 6) is 0. The minimum Gasteiger partial charge on any atom is -0.353 e. The van der Waals surface area contributed by atoms with Crippen LogP contribution in [0.25, 0.3) is 22.2 Å². The second kappa shape index (κ2) is 7.17. The molecule has 0 amide bonds. The van der Waals surface area contributed by atoms with Gasteiger partial charge in [-0.3, -0.25) is 0 Å². The molecule has 0 aliphatic carbocycles. The van der Waals surface area contributed by atoms with Gasteiger partial charge in [0.25, 0.3) is 0 Å². The van der Waals surface area contributed by atoms with Gasteiger partial charge in [-0.2, -0.15) is 13.2 Å². The summed E-state index contributed by atoms with van der Waals surface area (Å²) in [6.07, 6.45) is -4.58. The number of H-pyrrole nitrogens is 1. The van der Waals surface area contributed by atoms with Gasteiger partial charge in [0.2, 0.25) is 9.84 Å². The molecule has 0 fully saturated rings. The first kappa shape index (κ1) is 20.0. The molecule has 29 heavy (non-hydrogen) atoms. The van der Waals surface area contributed by atoms with E-state index in [1.54, 1.807) is 36.4 Å². The number of nitrogens with one attached hydrogen (secondary N) is 1. The number of fused-ring (bicyclic) bond motifs is 1. The summed E-state index contributed by atoms with van der Waals surface area (Å²) in [5, 5.41) is 0.0116. The molecule has 0 aliphatic rings. The Morgan fingerprint density at radius 2 is 1.59 bits per heavy atom. The molecule has 0 saturated heterocycles. The van der Waals surface area contributed by atoms with E-state index in [0.717, 1.165) is 15.7 Å². The zero-order valence-corrected chi connectivity index (χ0v) is 17.6. The number of aromatic amines is 1. The third kappa shape index (κ3) is 3.66. The molecule has 1 heterocycles. The maximum Gasteiger partial charge on any atom is 0.416 e. The van der Waals surface area contributed by atoms with Crippen LogP contribution in [0.2, 0.25) is 0 Å². The van der Waals surface area contributed by atoms with E-state index < -0.39 is 21.6 Å². The fourth-order valence-electron chi connectivity index (χ4n) is 3.19. The van der Waals surface area contributed by atoms with Crippen LogP contribution in [-0.4, -0.2) is 13.4 Å². The Labute approximate surface area is 178 Å². The highest BCUT2D eigenvalue weighted by molar-refractivity contribution is 14.1. The molecule has 0 unspecified atom stereocenters. The van der Waals surface area contributed by atoms with Crippen molar-refractivity contribution in [1.82, 2.24) is 4.98 Å². The average molecular weight is 527 g/mol. The zero-order chi connectivity index (χ0) is 20.8. The van der Waals surface area contributed by atoms with Crippen molar-refractivity contribution in [3.63, 3.8) is 0 Å². The number of benzene rings is 3. The first-order valence-corrected chi connectivity index (χ1v) is 11.0. The van der Waals surface area contributed by atoms with Crippen molar-refractivity contribution in [3.8, 4) is 11.3 Å². The van der Waals surface area contributed by atoms with Gasteiger partial charge in [-0.25, -0.2) is 8.42 Å². The van der Waals surface area contributed by atoms with Crippen molar-refractivity contribution >= 4 is 43.3 Å². The highest BCUT2D eigenvalue weighted by Gasteiger charge is 2.33.